The summed E-state index contributed by atoms with van der Waals surface area (Å²) in [6.45, 7) is 0.893. The van der Waals surface area contributed by atoms with Crippen molar-refractivity contribution in [3.8, 4) is 23.9 Å². The predicted octanol–water partition coefficient (Wildman–Crippen LogP) is 1.64. The Morgan fingerprint density at radius 1 is 0.696 bits per heavy atom. The van der Waals surface area contributed by atoms with Crippen LogP contribution in [0.2, 0.25) is 0 Å². The summed E-state index contributed by atoms with van der Waals surface area (Å²) in [5, 5.41) is 17.7. The lowest BCUT2D eigenvalue weighted by atomic mass is 10.2. The fraction of sp³-hybridized carbons (Fsp3) is 0.333. The standard InChI is InChI=1S/C15H14N6O2/c16-10-12-14(20-6-4-18-12)22-8-2-1-3-9-23-15-13(11-17)19-5-7-21-15/h4-7H,1-3,8-9H2. The lowest BCUT2D eigenvalue weighted by Crippen LogP contribution is -2.05. The van der Waals surface area contributed by atoms with E-state index < -0.39 is 0 Å². The van der Waals surface area contributed by atoms with Crippen LogP contribution in [0.5, 0.6) is 11.8 Å². The summed E-state index contributed by atoms with van der Waals surface area (Å²) in [4.78, 5) is 15.7. The Labute approximate surface area is 133 Å². The molecule has 0 saturated carbocycles. The molecule has 0 spiro atoms. The van der Waals surface area contributed by atoms with Crippen LogP contribution in [-0.4, -0.2) is 33.1 Å². The third kappa shape index (κ3) is 4.90. The van der Waals surface area contributed by atoms with Gasteiger partial charge in [-0.05, 0) is 19.3 Å². The molecule has 2 aromatic rings. The Bertz CT molecular complexity index is 661. The zero-order valence-electron chi connectivity index (χ0n) is 12.3. The summed E-state index contributed by atoms with van der Waals surface area (Å²) in [6.07, 6.45) is 8.31. The van der Waals surface area contributed by atoms with Gasteiger partial charge in [0, 0.05) is 24.8 Å². The van der Waals surface area contributed by atoms with Crippen molar-refractivity contribution in [3.05, 3.63) is 36.2 Å². The SMILES string of the molecule is N#Cc1nccnc1OCCCCCOc1nccnc1C#N. The number of nitriles is 2. The summed E-state index contributed by atoms with van der Waals surface area (Å²) in [6, 6.07) is 3.86. The van der Waals surface area contributed by atoms with Crippen LogP contribution in [0.3, 0.4) is 0 Å². The summed E-state index contributed by atoms with van der Waals surface area (Å²) in [7, 11) is 0. The number of hydrogen-bond acceptors (Lipinski definition) is 8. The van der Waals surface area contributed by atoms with Crippen LogP contribution >= 0.6 is 0 Å². The van der Waals surface area contributed by atoms with Crippen molar-refractivity contribution in [1.82, 2.24) is 19.9 Å². The second-order valence-corrected chi connectivity index (χ2v) is 4.40. The van der Waals surface area contributed by atoms with Crippen molar-refractivity contribution in [3.63, 3.8) is 0 Å². The van der Waals surface area contributed by atoms with Gasteiger partial charge >= 0.3 is 0 Å². The number of nitrogens with zero attached hydrogens (tertiary/aromatic N) is 6. The molecular weight excluding hydrogens is 296 g/mol. The third-order valence-corrected chi connectivity index (χ3v) is 2.81. The van der Waals surface area contributed by atoms with Crippen molar-refractivity contribution < 1.29 is 9.47 Å². The lowest BCUT2D eigenvalue weighted by molar-refractivity contribution is 0.267. The fourth-order valence-corrected chi connectivity index (χ4v) is 1.73. The quantitative estimate of drug-likeness (QED) is 0.675. The van der Waals surface area contributed by atoms with E-state index in [1.165, 1.54) is 24.8 Å². The van der Waals surface area contributed by atoms with E-state index in [1.807, 2.05) is 12.1 Å². The van der Waals surface area contributed by atoms with Gasteiger partial charge in [0.2, 0.25) is 11.4 Å². The fourth-order valence-electron chi connectivity index (χ4n) is 1.73. The van der Waals surface area contributed by atoms with E-state index in [9.17, 15) is 0 Å². The molecule has 2 aromatic heterocycles. The maximum atomic E-state index is 8.86. The molecule has 23 heavy (non-hydrogen) atoms. The molecule has 8 nitrogen and oxygen atoms in total. The highest BCUT2D eigenvalue weighted by molar-refractivity contribution is 5.30. The molecule has 0 aliphatic heterocycles. The molecule has 0 bridgehead atoms. The molecule has 116 valence electrons. The minimum atomic E-state index is 0.183. The van der Waals surface area contributed by atoms with Gasteiger partial charge in [-0.3, -0.25) is 0 Å². The van der Waals surface area contributed by atoms with Gasteiger partial charge in [-0.1, -0.05) is 0 Å². The molecule has 2 heterocycles. The van der Waals surface area contributed by atoms with Crippen molar-refractivity contribution in [2.45, 2.75) is 19.3 Å². The van der Waals surface area contributed by atoms with Gasteiger partial charge in [0.1, 0.15) is 12.1 Å². The molecule has 0 unspecified atom stereocenters. The topological polar surface area (TPSA) is 118 Å². The molecule has 0 aliphatic rings. The van der Waals surface area contributed by atoms with Gasteiger partial charge in [-0.25, -0.2) is 19.9 Å². The number of rotatable bonds is 8. The molecule has 0 fully saturated rings. The van der Waals surface area contributed by atoms with Crippen LogP contribution in [0, 0.1) is 22.7 Å². The van der Waals surface area contributed by atoms with Crippen LogP contribution in [-0.2, 0) is 0 Å². The molecule has 0 amide bonds. The van der Waals surface area contributed by atoms with Crippen LogP contribution < -0.4 is 9.47 Å². The number of aromatic nitrogens is 4. The Hall–Kier alpha value is -3.26. The molecule has 0 N–H and O–H groups in total. The summed E-state index contributed by atoms with van der Waals surface area (Å²) in [5.41, 5.74) is 0.366. The van der Waals surface area contributed by atoms with E-state index in [1.54, 1.807) is 0 Å². The number of ether oxygens (including phenoxy) is 2. The lowest BCUT2D eigenvalue weighted by Gasteiger charge is -2.07. The Kier molecular flexibility index (Phi) is 6.24. The highest BCUT2D eigenvalue weighted by Gasteiger charge is 2.06. The molecule has 0 aliphatic carbocycles. The largest absolute Gasteiger partial charge is 0.476 e. The molecule has 0 atom stereocenters. The Balaban J connectivity index is 1.63. The molecule has 0 aromatic carbocycles. The second-order valence-electron chi connectivity index (χ2n) is 4.40. The maximum Gasteiger partial charge on any atom is 0.251 e. The minimum absolute atomic E-state index is 0.183. The second kappa shape index (κ2) is 8.90. The van der Waals surface area contributed by atoms with Crippen LogP contribution in [0.25, 0.3) is 0 Å². The molecular formula is C15H14N6O2. The first-order valence-corrected chi connectivity index (χ1v) is 7.03. The average molecular weight is 310 g/mol. The average Bonchev–Trinajstić information content (AvgIpc) is 2.61. The molecule has 0 saturated heterocycles. The van der Waals surface area contributed by atoms with E-state index in [0.717, 1.165) is 19.3 Å². The van der Waals surface area contributed by atoms with Crippen LogP contribution in [0.1, 0.15) is 30.7 Å². The van der Waals surface area contributed by atoms with Crippen molar-refractivity contribution >= 4 is 0 Å². The Morgan fingerprint density at radius 3 is 1.57 bits per heavy atom. The van der Waals surface area contributed by atoms with Gasteiger partial charge in [-0.2, -0.15) is 10.5 Å². The number of unbranched alkanes of at least 4 members (excludes halogenated alkanes) is 2. The van der Waals surface area contributed by atoms with Gasteiger partial charge in [0.15, 0.2) is 0 Å². The van der Waals surface area contributed by atoms with Crippen molar-refractivity contribution in [2.24, 2.45) is 0 Å². The summed E-state index contributed by atoms with van der Waals surface area (Å²) < 4.78 is 10.9. The molecule has 8 heteroatoms. The van der Waals surface area contributed by atoms with Crippen molar-refractivity contribution in [2.75, 3.05) is 13.2 Å². The monoisotopic (exact) mass is 310 g/mol. The highest BCUT2D eigenvalue weighted by atomic mass is 16.5. The first-order valence-electron chi connectivity index (χ1n) is 7.03. The van der Waals surface area contributed by atoms with Gasteiger partial charge in [0.05, 0.1) is 13.2 Å². The number of hydrogen-bond donors (Lipinski definition) is 0. The zero-order valence-corrected chi connectivity index (χ0v) is 12.3. The van der Waals surface area contributed by atoms with Gasteiger partial charge in [0.25, 0.3) is 11.8 Å². The highest BCUT2D eigenvalue weighted by Crippen LogP contribution is 2.12. The van der Waals surface area contributed by atoms with E-state index >= 15 is 0 Å². The maximum absolute atomic E-state index is 8.86. The predicted molar refractivity (Wildman–Crippen MR) is 78.3 cm³/mol. The van der Waals surface area contributed by atoms with E-state index in [0.29, 0.717) is 13.2 Å². The van der Waals surface area contributed by atoms with E-state index in [4.69, 9.17) is 20.0 Å². The van der Waals surface area contributed by atoms with Gasteiger partial charge < -0.3 is 9.47 Å². The van der Waals surface area contributed by atoms with Crippen LogP contribution in [0.15, 0.2) is 24.8 Å². The minimum Gasteiger partial charge on any atom is -0.476 e. The van der Waals surface area contributed by atoms with E-state index in [-0.39, 0.29) is 23.1 Å². The summed E-state index contributed by atoms with van der Waals surface area (Å²) in [5.74, 6) is 0.508. The smallest absolute Gasteiger partial charge is 0.251 e. The Morgan fingerprint density at radius 2 is 1.13 bits per heavy atom. The normalized spacial score (nSPS) is 9.65. The zero-order chi connectivity index (χ0) is 16.3. The van der Waals surface area contributed by atoms with Crippen molar-refractivity contribution in [1.29, 1.82) is 10.5 Å². The molecule has 2 rings (SSSR count). The molecule has 0 radical (unpaired) electrons. The first-order chi connectivity index (χ1) is 11.3. The first kappa shape index (κ1) is 16.1. The third-order valence-electron chi connectivity index (χ3n) is 2.81. The van der Waals surface area contributed by atoms with Crippen LogP contribution in [0.4, 0.5) is 0 Å². The van der Waals surface area contributed by atoms with E-state index in [2.05, 4.69) is 19.9 Å². The van der Waals surface area contributed by atoms with Gasteiger partial charge in [-0.15, -0.1) is 0 Å². The summed E-state index contributed by atoms with van der Waals surface area (Å²) >= 11 is 0.